The summed E-state index contributed by atoms with van der Waals surface area (Å²) in [5.74, 6) is -0.182. The fourth-order valence-corrected chi connectivity index (χ4v) is 1.53. The average Bonchev–Trinajstić information content (AvgIpc) is 2.17. The van der Waals surface area contributed by atoms with Crippen LogP contribution in [0.4, 0.5) is 13.2 Å². The molecule has 0 aliphatic heterocycles. The number of nitrogens with one attached hydrogen (secondary N) is 1. The molecule has 1 N–H and O–H groups in total. The van der Waals surface area contributed by atoms with Gasteiger partial charge in [0.2, 0.25) is 0 Å². The third-order valence-corrected chi connectivity index (χ3v) is 2.25. The molecule has 0 aliphatic carbocycles. The number of ether oxygens (including phenoxy) is 1. The molecule has 0 saturated carbocycles. The lowest BCUT2D eigenvalue weighted by atomic mass is 10.0. The van der Waals surface area contributed by atoms with Crippen molar-refractivity contribution < 1.29 is 17.9 Å². The Kier molecular flexibility index (Phi) is 4.18. The highest BCUT2D eigenvalue weighted by atomic mass is 19.4. The maximum Gasteiger partial charge on any atom is 0.573 e. The van der Waals surface area contributed by atoms with Crippen molar-refractivity contribution >= 4 is 0 Å². The zero-order valence-corrected chi connectivity index (χ0v) is 9.14. The molecule has 16 heavy (non-hydrogen) atoms. The van der Waals surface area contributed by atoms with Gasteiger partial charge in [0.25, 0.3) is 0 Å². The molecule has 5 heteroatoms. The van der Waals surface area contributed by atoms with Crippen LogP contribution in [0.5, 0.6) is 5.75 Å². The Labute approximate surface area is 92.4 Å². The number of alkyl halides is 3. The molecule has 0 radical (unpaired) electrons. The number of halogens is 3. The van der Waals surface area contributed by atoms with Gasteiger partial charge < -0.3 is 10.1 Å². The van der Waals surface area contributed by atoms with E-state index in [9.17, 15) is 13.2 Å². The first-order chi connectivity index (χ1) is 7.46. The molecule has 0 aromatic heterocycles. The summed E-state index contributed by atoms with van der Waals surface area (Å²) in [6.07, 6.45) is -3.84. The fourth-order valence-electron chi connectivity index (χ4n) is 1.53. The molecule has 0 fully saturated rings. The van der Waals surface area contributed by atoms with Gasteiger partial charge in [-0.2, -0.15) is 0 Å². The Morgan fingerprint density at radius 1 is 1.38 bits per heavy atom. The molecule has 0 amide bonds. The van der Waals surface area contributed by atoms with Gasteiger partial charge in [0, 0.05) is 6.04 Å². The van der Waals surface area contributed by atoms with E-state index in [2.05, 4.69) is 10.1 Å². The van der Waals surface area contributed by atoms with Crippen LogP contribution in [0.15, 0.2) is 24.3 Å². The van der Waals surface area contributed by atoms with Crippen molar-refractivity contribution in [3.05, 3.63) is 29.8 Å². The van der Waals surface area contributed by atoms with Gasteiger partial charge in [-0.1, -0.05) is 19.1 Å². The van der Waals surface area contributed by atoms with E-state index in [4.69, 9.17) is 0 Å². The zero-order chi connectivity index (χ0) is 12.2. The van der Waals surface area contributed by atoms with Crippen LogP contribution in [0.3, 0.4) is 0 Å². The third kappa shape index (κ3) is 3.73. The summed E-state index contributed by atoms with van der Waals surface area (Å²) in [6.45, 7) is 1.96. The van der Waals surface area contributed by atoms with Gasteiger partial charge in [0.15, 0.2) is 0 Å². The summed E-state index contributed by atoms with van der Waals surface area (Å²) in [4.78, 5) is 0. The number of hydrogen-bond acceptors (Lipinski definition) is 2. The molecule has 0 bridgehead atoms. The maximum absolute atomic E-state index is 12.0. The second kappa shape index (κ2) is 5.21. The molecule has 1 aromatic carbocycles. The van der Waals surface area contributed by atoms with Crippen LogP contribution in [0.1, 0.15) is 24.9 Å². The van der Waals surface area contributed by atoms with Crippen LogP contribution in [0.2, 0.25) is 0 Å². The Hall–Kier alpha value is -1.23. The molecule has 1 atom stereocenters. The van der Waals surface area contributed by atoms with Crippen LogP contribution in [0.25, 0.3) is 0 Å². The van der Waals surface area contributed by atoms with Gasteiger partial charge in [0.05, 0.1) is 0 Å². The Morgan fingerprint density at radius 3 is 2.56 bits per heavy atom. The smallest absolute Gasteiger partial charge is 0.406 e. The minimum atomic E-state index is -4.64. The minimum absolute atomic E-state index is 0.0387. The first kappa shape index (κ1) is 12.8. The lowest BCUT2D eigenvalue weighted by Gasteiger charge is -2.16. The second-order valence-corrected chi connectivity index (χ2v) is 3.37. The molecule has 0 saturated heterocycles. The monoisotopic (exact) mass is 233 g/mol. The third-order valence-electron chi connectivity index (χ3n) is 2.25. The summed E-state index contributed by atoms with van der Waals surface area (Å²) in [5, 5.41) is 3.02. The van der Waals surface area contributed by atoms with Crippen LogP contribution >= 0.6 is 0 Å². The van der Waals surface area contributed by atoms with E-state index >= 15 is 0 Å². The van der Waals surface area contributed by atoms with Crippen molar-refractivity contribution in [1.82, 2.24) is 5.32 Å². The van der Waals surface area contributed by atoms with Gasteiger partial charge in [-0.05, 0) is 31.2 Å². The molecule has 2 nitrogen and oxygen atoms in total. The molecule has 0 heterocycles. The standard InChI is InChI=1S/C11H14F3NO/c1-3-10(15-2)8-5-4-6-9(7-8)16-11(12,13)14/h4-7,10,15H,3H2,1-2H3/t10-/m0/s1. The second-order valence-electron chi connectivity index (χ2n) is 3.37. The maximum atomic E-state index is 12.0. The van der Waals surface area contributed by atoms with Crippen molar-refractivity contribution in [3.8, 4) is 5.75 Å². The number of rotatable bonds is 4. The number of hydrogen-bond donors (Lipinski definition) is 1. The first-order valence-electron chi connectivity index (χ1n) is 4.99. The van der Waals surface area contributed by atoms with Crippen LogP contribution in [0, 0.1) is 0 Å². The number of benzene rings is 1. The quantitative estimate of drug-likeness (QED) is 0.861. The molecule has 0 aliphatic rings. The van der Waals surface area contributed by atoms with E-state index in [-0.39, 0.29) is 11.8 Å². The predicted octanol–water partition coefficient (Wildman–Crippen LogP) is 3.26. The summed E-state index contributed by atoms with van der Waals surface area (Å²) in [7, 11) is 1.77. The zero-order valence-electron chi connectivity index (χ0n) is 9.14. The molecule has 90 valence electrons. The van der Waals surface area contributed by atoms with Gasteiger partial charge in [-0.3, -0.25) is 0 Å². The lowest BCUT2D eigenvalue weighted by molar-refractivity contribution is -0.274. The van der Waals surface area contributed by atoms with Crippen LogP contribution in [-0.2, 0) is 0 Å². The van der Waals surface area contributed by atoms with Gasteiger partial charge in [-0.25, -0.2) is 0 Å². The van der Waals surface area contributed by atoms with Gasteiger partial charge in [0.1, 0.15) is 5.75 Å². The van der Waals surface area contributed by atoms with Crippen molar-refractivity contribution in [1.29, 1.82) is 0 Å². The first-order valence-corrected chi connectivity index (χ1v) is 4.99. The molecule has 1 rings (SSSR count). The van der Waals surface area contributed by atoms with Crippen molar-refractivity contribution in [2.75, 3.05) is 7.05 Å². The molecular weight excluding hydrogens is 219 g/mol. The highest BCUT2D eigenvalue weighted by Crippen LogP contribution is 2.26. The van der Waals surface area contributed by atoms with Crippen molar-refractivity contribution in [2.24, 2.45) is 0 Å². The Morgan fingerprint density at radius 2 is 2.06 bits per heavy atom. The van der Waals surface area contributed by atoms with Crippen molar-refractivity contribution in [2.45, 2.75) is 25.7 Å². The van der Waals surface area contributed by atoms with Crippen LogP contribution in [-0.4, -0.2) is 13.4 Å². The molecular formula is C11H14F3NO. The van der Waals surface area contributed by atoms with E-state index < -0.39 is 6.36 Å². The topological polar surface area (TPSA) is 21.3 Å². The van der Waals surface area contributed by atoms with E-state index in [1.54, 1.807) is 19.2 Å². The lowest BCUT2D eigenvalue weighted by Crippen LogP contribution is -2.18. The fraction of sp³-hybridized carbons (Fsp3) is 0.455. The molecule has 0 unspecified atom stereocenters. The summed E-state index contributed by atoms with van der Waals surface area (Å²) in [5.41, 5.74) is 0.784. The highest BCUT2D eigenvalue weighted by molar-refractivity contribution is 5.30. The SMILES string of the molecule is CC[C@H](NC)c1cccc(OC(F)(F)F)c1. The summed E-state index contributed by atoms with van der Waals surface area (Å²) in [6, 6.07) is 6.05. The molecule has 1 aromatic rings. The minimum Gasteiger partial charge on any atom is -0.406 e. The van der Waals surface area contributed by atoms with Crippen LogP contribution < -0.4 is 10.1 Å². The van der Waals surface area contributed by atoms with E-state index in [0.29, 0.717) is 0 Å². The Bertz CT molecular complexity index is 334. The average molecular weight is 233 g/mol. The largest absolute Gasteiger partial charge is 0.573 e. The van der Waals surface area contributed by atoms with Crippen molar-refractivity contribution in [3.63, 3.8) is 0 Å². The van der Waals surface area contributed by atoms with E-state index in [1.807, 2.05) is 6.92 Å². The predicted molar refractivity (Wildman–Crippen MR) is 55.2 cm³/mol. The summed E-state index contributed by atoms with van der Waals surface area (Å²) < 4.78 is 39.9. The van der Waals surface area contributed by atoms with E-state index in [0.717, 1.165) is 12.0 Å². The summed E-state index contributed by atoms with van der Waals surface area (Å²) >= 11 is 0. The normalized spacial score (nSPS) is 13.6. The van der Waals surface area contributed by atoms with Gasteiger partial charge in [-0.15, -0.1) is 13.2 Å². The highest BCUT2D eigenvalue weighted by Gasteiger charge is 2.31. The Balaban J connectivity index is 2.86. The molecule has 0 spiro atoms. The van der Waals surface area contributed by atoms with Gasteiger partial charge >= 0.3 is 6.36 Å². The van der Waals surface area contributed by atoms with E-state index in [1.165, 1.54) is 12.1 Å².